The molecule has 0 bridgehead atoms. The molecule has 0 atom stereocenters. The highest BCUT2D eigenvalue weighted by atomic mass is 35.5. The third-order valence-electron chi connectivity index (χ3n) is 7.64. The van der Waals surface area contributed by atoms with E-state index < -0.39 is 0 Å². The highest BCUT2D eigenvalue weighted by Crippen LogP contribution is 2.38. The van der Waals surface area contributed by atoms with Crippen molar-refractivity contribution < 1.29 is 28.5 Å². The van der Waals surface area contributed by atoms with Crippen molar-refractivity contribution in [2.75, 3.05) is 53.1 Å². The zero-order valence-corrected chi connectivity index (χ0v) is 27.6. The Labute approximate surface area is 270 Å². The van der Waals surface area contributed by atoms with Gasteiger partial charge in [0.1, 0.15) is 17.8 Å². The van der Waals surface area contributed by atoms with Gasteiger partial charge in [0.25, 0.3) is 0 Å². The van der Waals surface area contributed by atoms with Gasteiger partial charge in [-0.15, -0.1) is 0 Å². The minimum absolute atomic E-state index is 0.158. The molecule has 1 spiro atoms. The molecule has 0 aromatic carbocycles. The average Bonchev–Trinajstić information content (AvgIpc) is 3.00. The fourth-order valence-corrected chi connectivity index (χ4v) is 4.93. The topological polar surface area (TPSA) is 124 Å². The van der Waals surface area contributed by atoms with Crippen molar-refractivity contribution in [2.45, 2.75) is 52.9 Å². The number of ether oxygens (including phenoxy) is 4. The van der Waals surface area contributed by atoms with Crippen LogP contribution in [0.15, 0.2) is 53.1 Å². The minimum Gasteiger partial charge on any atom is -0.494 e. The lowest BCUT2D eigenvalue weighted by atomic mass is 9.77. The minimum atomic E-state index is -0.236. The van der Waals surface area contributed by atoms with Gasteiger partial charge in [-0.1, -0.05) is 31.7 Å². The number of hydrogen-bond acceptors (Lipinski definition) is 9. The summed E-state index contributed by atoms with van der Waals surface area (Å²) in [5, 5.41) is 6.88. The monoisotopic (exact) mass is 643 g/mol. The number of carbonyl (C=O) groups excluding carboxylic acids is 2. The molecule has 2 fully saturated rings. The zero-order chi connectivity index (χ0) is 32.8. The van der Waals surface area contributed by atoms with Gasteiger partial charge in [0, 0.05) is 24.9 Å². The van der Waals surface area contributed by atoms with Gasteiger partial charge in [0.15, 0.2) is 5.76 Å². The van der Waals surface area contributed by atoms with Crippen molar-refractivity contribution in [1.29, 1.82) is 0 Å². The number of carbonyl (C=O) groups is 2. The maximum Gasteiger partial charge on any atom is 0.238 e. The molecule has 0 radical (unpaired) electrons. The van der Waals surface area contributed by atoms with E-state index in [4.69, 9.17) is 30.5 Å². The maximum atomic E-state index is 12.7. The number of amides is 2. The van der Waals surface area contributed by atoms with Crippen molar-refractivity contribution in [1.82, 2.24) is 25.5 Å². The molecule has 2 saturated heterocycles. The molecule has 2 aliphatic heterocycles. The molecular weight excluding hydrogens is 598 g/mol. The number of likely N-dealkylation sites (tertiary alicyclic amines) is 1. The smallest absolute Gasteiger partial charge is 0.238 e. The first-order chi connectivity index (χ1) is 21.6. The summed E-state index contributed by atoms with van der Waals surface area (Å²) in [5.74, 6) is 1.61. The number of hydrogen-bond donors (Lipinski definition) is 2. The van der Waals surface area contributed by atoms with Gasteiger partial charge in [-0.3, -0.25) is 9.59 Å². The molecule has 0 aliphatic carbocycles. The molecule has 2 aliphatic rings. The summed E-state index contributed by atoms with van der Waals surface area (Å²) in [4.78, 5) is 35.3. The van der Waals surface area contributed by atoms with Crippen LogP contribution in [-0.2, 0) is 23.8 Å². The normalized spacial score (nSPS) is 17.4. The van der Waals surface area contributed by atoms with Crippen LogP contribution in [0.5, 0.6) is 5.88 Å². The average molecular weight is 644 g/mol. The van der Waals surface area contributed by atoms with E-state index in [1.807, 2.05) is 11.8 Å². The molecule has 2 N–H and O–H groups in total. The standard InChI is InChI=1S/C33H46ClN5O6/c1-7-14-35-19-30(40)38-28(24(3)34)11-10-23(2)45-32-27(25(4)36-22-37-32)18-29(42-6)26(5)44-17-8-9-31(41)39-15-12-33(13-16-39)20-43-21-33/h10-11,18,22,35H,3-4,7-9,12-17,19-21H2,1-2,5-6H3,(H,38,40). The van der Waals surface area contributed by atoms with Gasteiger partial charge >= 0.3 is 0 Å². The molecule has 12 heteroatoms. The van der Waals surface area contributed by atoms with Gasteiger partial charge in [-0.25, -0.2) is 9.97 Å². The Balaban J connectivity index is 1.62. The Hall–Kier alpha value is -3.67. The highest BCUT2D eigenvalue weighted by molar-refractivity contribution is 6.31. The van der Waals surface area contributed by atoms with Gasteiger partial charge in [0.05, 0.1) is 54.8 Å². The molecule has 0 saturated carbocycles. The van der Waals surface area contributed by atoms with Gasteiger partial charge in [0.2, 0.25) is 17.7 Å². The summed E-state index contributed by atoms with van der Waals surface area (Å²) in [6.07, 6.45) is 10.3. The number of methoxy groups -OCH3 is 1. The lowest BCUT2D eigenvalue weighted by molar-refractivity contribution is -0.153. The van der Waals surface area contributed by atoms with Crippen LogP contribution in [0.2, 0.25) is 0 Å². The Morgan fingerprint density at radius 2 is 1.93 bits per heavy atom. The Morgan fingerprint density at radius 1 is 1.20 bits per heavy atom. The molecule has 1 aromatic heterocycles. The van der Waals surface area contributed by atoms with Gasteiger partial charge in [-0.05, 0) is 64.3 Å². The maximum absolute atomic E-state index is 12.7. The summed E-state index contributed by atoms with van der Waals surface area (Å²) >= 11 is 6.10. The van der Waals surface area contributed by atoms with Gasteiger partial charge < -0.3 is 34.5 Å². The van der Waals surface area contributed by atoms with Crippen LogP contribution in [0.4, 0.5) is 0 Å². The second-order valence-corrected chi connectivity index (χ2v) is 11.7. The molecule has 0 unspecified atom stereocenters. The molecule has 45 heavy (non-hydrogen) atoms. The molecule has 11 nitrogen and oxygen atoms in total. The van der Waals surface area contributed by atoms with Crippen molar-refractivity contribution in [3.8, 4) is 5.88 Å². The number of allylic oxidation sites excluding steroid dienone is 6. The summed E-state index contributed by atoms with van der Waals surface area (Å²) in [6, 6.07) is 0. The predicted molar refractivity (Wildman–Crippen MR) is 174 cm³/mol. The van der Waals surface area contributed by atoms with E-state index in [-0.39, 0.29) is 29.3 Å². The number of nitrogens with zero attached hydrogens (tertiary/aromatic N) is 3. The van der Waals surface area contributed by atoms with E-state index >= 15 is 0 Å². The SMILES string of the molecule is C=C(Cl)C(=CC=C(C)Oc1ncnc(=C)c1=CC(OC)=C(C)OCCCC(=O)N1CCC2(CC1)COC2)NC(=O)CNCCC. The Bertz CT molecular complexity index is 1410. The summed E-state index contributed by atoms with van der Waals surface area (Å²) < 4.78 is 22.9. The third kappa shape index (κ3) is 11.0. The van der Waals surface area contributed by atoms with E-state index in [1.165, 1.54) is 13.4 Å². The van der Waals surface area contributed by atoms with Crippen molar-refractivity contribution in [3.63, 3.8) is 0 Å². The second-order valence-electron chi connectivity index (χ2n) is 11.2. The number of halogens is 1. The van der Waals surface area contributed by atoms with E-state index in [9.17, 15) is 9.59 Å². The third-order valence-corrected chi connectivity index (χ3v) is 7.84. The van der Waals surface area contributed by atoms with Crippen LogP contribution in [0.25, 0.3) is 12.7 Å². The second kappa shape index (κ2) is 17.7. The highest BCUT2D eigenvalue weighted by Gasteiger charge is 2.41. The van der Waals surface area contributed by atoms with Crippen molar-refractivity contribution >= 4 is 36.1 Å². The van der Waals surface area contributed by atoms with Crippen LogP contribution < -0.4 is 25.9 Å². The Morgan fingerprint density at radius 3 is 2.56 bits per heavy atom. The Kier molecular flexibility index (Phi) is 14.1. The molecular formula is C33H46ClN5O6. The molecule has 2 amide bonds. The zero-order valence-electron chi connectivity index (χ0n) is 26.9. The lowest BCUT2D eigenvalue weighted by Gasteiger charge is -2.47. The molecule has 3 heterocycles. The summed E-state index contributed by atoms with van der Waals surface area (Å²) in [6.45, 7) is 17.8. The number of aromatic nitrogens is 2. The van der Waals surface area contributed by atoms with E-state index in [2.05, 4.69) is 33.8 Å². The fourth-order valence-electron chi connectivity index (χ4n) is 4.82. The van der Waals surface area contributed by atoms with Crippen LogP contribution >= 0.6 is 11.6 Å². The first kappa shape index (κ1) is 35.8. The number of rotatable bonds is 16. The van der Waals surface area contributed by atoms with E-state index in [0.29, 0.717) is 58.4 Å². The summed E-state index contributed by atoms with van der Waals surface area (Å²) in [7, 11) is 1.54. The fraction of sp³-hybridized carbons (Fsp3) is 0.515. The first-order valence-corrected chi connectivity index (χ1v) is 15.6. The number of piperidine rings is 1. The van der Waals surface area contributed by atoms with Crippen LogP contribution in [0.3, 0.4) is 0 Å². The van der Waals surface area contributed by atoms with E-state index in [0.717, 1.165) is 52.1 Å². The quantitative estimate of drug-likeness (QED) is 0.159. The number of nitrogens with one attached hydrogen (secondary N) is 2. The molecule has 246 valence electrons. The van der Waals surface area contributed by atoms with E-state index in [1.54, 1.807) is 32.1 Å². The van der Waals surface area contributed by atoms with Gasteiger partial charge in [-0.2, -0.15) is 0 Å². The van der Waals surface area contributed by atoms with Crippen LogP contribution in [-0.4, -0.2) is 79.8 Å². The van der Waals surface area contributed by atoms with Crippen LogP contribution in [0, 0.1) is 5.41 Å². The summed E-state index contributed by atoms with van der Waals surface area (Å²) in [5.41, 5.74) is 0.652. The van der Waals surface area contributed by atoms with Crippen LogP contribution in [0.1, 0.15) is 52.9 Å². The lowest BCUT2D eigenvalue weighted by Crippen LogP contribution is -2.52. The predicted octanol–water partition coefficient (Wildman–Crippen LogP) is 3.02. The van der Waals surface area contributed by atoms with Crippen molar-refractivity contribution in [2.24, 2.45) is 5.41 Å². The van der Waals surface area contributed by atoms with Crippen molar-refractivity contribution in [3.05, 3.63) is 63.6 Å². The molecule has 1 aromatic rings. The largest absolute Gasteiger partial charge is 0.494 e. The molecule has 3 rings (SSSR count). The first-order valence-electron chi connectivity index (χ1n) is 15.2.